The van der Waals surface area contributed by atoms with Crippen molar-refractivity contribution in [2.24, 2.45) is 0 Å². The fourth-order valence-electron chi connectivity index (χ4n) is 3.96. The molecule has 0 unspecified atom stereocenters. The Kier molecular flexibility index (Phi) is 5.98. The lowest BCUT2D eigenvalue weighted by atomic mass is 9.95. The van der Waals surface area contributed by atoms with Crippen LogP contribution >= 0.6 is 11.6 Å². The lowest BCUT2D eigenvalue weighted by molar-refractivity contribution is -0.118. The number of rotatable bonds is 6. The number of pyridine rings is 1. The van der Waals surface area contributed by atoms with Crippen molar-refractivity contribution in [3.63, 3.8) is 0 Å². The highest BCUT2D eigenvalue weighted by Gasteiger charge is 2.23. The van der Waals surface area contributed by atoms with Crippen LogP contribution in [0.5, 0.6) is 0 Å². The van der Waals surface area contributed by atoms with Crippen LogP contribution in [-0.2, 0) is 17.8 Å². The molecule has 1 amide bonds. The van der Waals surface area contributed by atoms with Crippen LogP contribution in [0.2, 0.25) is 5.02 Å². The first-order chi connectivity index (χ1) is 16.1. The molecule has 1 N–H and O–H groups in total. The number of aromatic nitrogens is 3. The van der Waals surface area contributed by atoms with Gasteiger partial charge in [0.2, 0.25) is 5.91 Å². The van der Waals surface area contributed by atoms with E-state index in [0.29, 0.717) is 23.0 Å². The van der Waals surface area contributed by atoms with Gasteiger partial charge in [-0.15, -0.1) is 0 Å². The van der Waals surface area contributed by atoms with E-state index in [1.807, 2.05) is 36.4 Å². The quantitative estimate of drug-likeness (QED) is 0.464. The van der Waals surface area contributed by atoms with Crippen LogP contribution in [0.15, 0.2) is 67.0 Å². The monoisotopic (exact) mass is 461 g/mol. The van der Waals surface area contributed by atoms with Crippen molar-refractivity contribution in [1.29, 1.82) is 0 Å². The van der Waals surface area contributed by atoms with Crippen molar-refractivity contribution in [3.05, 3.63) is 94.7 Å². The molecule has 0 aliphatic carbocycles. The van der Waals surface area contributed by atoms with Gasteiger partial charge in [0.05, 0.1) is 24.9 Å². The normalized spacial score (nSPS) is 13.6. The maximum atomic E-state index is 14.0. The van der Waals surface area contributed by atoms with Crippen molar-refractivity contribution in [2.75, 3.05) is 18.0 Å². The first-order valence-electron chi connectivity index (χ1n) is 10.7. The van der Waals surface area contributed by atoms with Gasteiger partial charge in [0, 0.05) is 41.0 Å². The van der Waals surface area contributed by atoms with Gasteiger partial charge >= 0.3 is 0 Å². The van der Waals surface area contributed by atoms with Crippen molar-refractivity contribution in [1.82, 2.24) is 20.5 Å². The van der Waals surface area contributed by atoms with Crippen molar-refractivity contribution in [2.45, 2.75) is 18.9 Å². The fourth-order valence-corrected chi connectivity index (χ4v) is 4.21. The average Bonchev–Trinajstić information content (AvgIpc) is 2.76. The lowest BCUT2D eigenvalue weighted by Gasteiger charge is -2.28. The minimum Gasteiger partial charge on any atom is -0.315 e. The third kappa shape index (κ3) is 4.69. The van der Waals surface area contributed by atoms with Crippen molar-refractivity contribution < 1.29 is 9.18 Å². The number of anilines is 1. The Balaban J connectivity index is 1.47. The molecule has 4 aromatic rings. The van der Waals surface area contributed by atoms with Crippen LogP contribution in [0, 0.1) is 5.82 Å². The van der Waals surface area contributed by atoms with Crippen LogP contribution in [0.1, 0.15) is 22.7 Å². The average molecular weight is 462 g/mol. The third-order valence-corrected chi connectivity index (χ3v) is 6.05. The van der Waals surface area contributed by atoms with E-state index in [2.05, 4.69) is 20.5 Å². The minimum absolute atomic E-state index is 0.0351. The molecule has 1 saturated heterocycles. The Morgan fingerprint density at radius 2 is 1.97 bits per heavy atom. The maximum Gasteiger partial charge on any atom is 0.234 e. The van der Waals surface area contributed by atoms with Crippen LogP contribution < -0.4 is 10.2 Å². The topological polar surface area (TPSA) is 71.0 Å². The van der Waals surface area contributed by atoms with E-state index in [1.165, 1.54) is 17.0 Å². The maximum absolute atomic E-state index is 14.0. The van der Waals surface area contributed by atoms with E-state index in [0.717, 1.165) is 29.4 Å². The van der Waals surface area contributed by atoms with Gasteiger partial charge in [0.1, 0.15) is 11.6 Å². The molecule has 1 aliphatic heterocycles. The van der Waals surface area contributed by atoms with Crippen LogP contribution in [0.25, 0.3) is 10.8 Å². The van der Waals surface area contributed by atoms with E-state index in [9.17, 15) is 9.18 Å². The summed E-state index contributed by atoms with van der Waals surface area (Å²) in [6, 6.07) is 15.8. The molecule has 5 rings (SSSR count). The SMILES string of the molecule is O=C(Cc1nncc2ccccc12)N(Cc1cc(F)cc(Cl)c1)c1ccc(C2CNC2)cn1. The number of hydrogen-bond acceptors (Lipinski definition) is 5. The second kappa shape index (κ2) is 9.21. The molecule has 2 aromatic carbocycles. The summed E-state index contributed by atoms with van der Waals surface area (Å²) < 4.78 is 14.0. The molecule has 0 radical (unpaired) electrons. The molecule has 33 heavy (non-hydrogen) atoms. The summed E-state index contributed by atoms with van der Waals surface area (Å²) in [6.07, 6.45) is 3.51. The molecule has 166 valence electrons. The zero-order valence-electron chi connectivity index (χ0n) is 17.7. The zero-order chi connectivity index (χ0) is 22.8. The predicted molar refractivity (Wildman–Crippen MR) is 126 cm³/mol. The highest BCUT2D eigenvalue weighted by Crippen LogP contribution is 2.24. The lowest BCUT2D eigenvalue weighted by Crippen LogP contribution is -2.40. The van der Waals surface area contributed by atoms with E-state index < -0.39 is 5.82 Å². The molecule has 1 aliphatic rings. The summed E-state index contributed by atoms with van der Waals surface area (Å²) >= 11 is 6.05. The second-order valence-electron chi connectivity index (χ2n) is 8.12. The summed E-state index contributed by atoms with van der Waals surface area (Å²) in [4.78, 5) is 19.6. The standard InChI is InChI=1S/C25H21ClFN5O/c26-20-7-16(8-21(27)9-20)15-32(24-6-5-17(13-29-24)19-11-28-12-19)25(33)10-23-22-4-2-1-3-18(22)14-30-31-23/h1-9,13-14,19,28H,10-12,15H2. The first kappa shape index (κ1) is 21.4. The molecular formula is C25H21ClFN5O. The van der Waals surface area contributed by atoms with Crippen LogP contribution in [-0.4, -0.2) is 34.2 Å². The number of amides is 1. The van der Waals surface area contributed by atoms with Gasteiger partial charge < -0.3 is 5.32 Å². The van der Waals surface area contributed by atoms with E-state index in [-0.39, 0.29) is 23.9 Å². The number of carbonyl (C=O) groups excluding carboxylic acids is 1. The van der Waals surface area contributed by atoms with E-state index in [1.54, 1.807) is 18.5 Å². The number of nitrogens with zero attached hydrogens (tertiary/aromatic N) is 4. The molecule has 3 heterocycles. The highest BCUT2D eigenvalue weighted by molar-refractivity contribution is 6.30. The highest BCUT2D eigenvalue weighted by atomic mass is 35.5. The largest absolute Gasteiger partial charge is 0.315 e. The molecule has 8 heteroatoms. The number of halogens is 2. The Morgan fingerprint density at radius 1 is 1.12 bits per heavy atom. The van der Waals surface area contributed by atoms with E-state index in [4.69, 9.17) is 11.6 Å². The molecule has 0 spiro atoms. The molecule has 1 fully saturated rings. The van der Waals surface area contributed by atoms with Gasteiger partial charge in [-0.2, -0.15) is 10.2 Å². The first-order valence-corrected chi connectivity index (χ1v) is 11.1. The minimum atomic E-state index is -0.453. The Hall–Kier alpha value is -3.42. The van der Waals surface area contributed by atoms with Gasteiger partial charge in [0.25, 0.3) is 0 Å². The smallest absolute Gasteiger partial charge is 0.234 e. The molecule has 0 bridgehead atoms. The summed E-state index contributed by atoms with van der Waals surface area (Å²) in [6.45, 7) is 1.97. The van der Waals surface area contributed by atoms with Gasteiger partial charge in [-0.1, -0.05) is 41.9 Å². The van der Waals surface area contributed by atoms with Gasteiger partial charge in [0.15, 0.2) is 0 Å². The van der Waals surface area contributed by atoms with Gasteiger partial charge in [-0.05, 0) is 35.4 Å². The molecular weight excluding hydrogens is 441 g/mol. The fraction of sp³-hybridized carbons (Fsp3) is 0.200. The van der Waals surface area contributed by atoms with Gasteiger partial charge in [-0.25, -0.2) is 9.37 Å². The number of benzene rings is 2. The summed E-state index contributed by atoms with van der Waals surface area (Å²) in [7, 11) is 0. The van der Waals surface area contributed by atoms with Crippen molar-refractivity contribution >= 4 is 34.1 Å². The van der Waals surface area contributed by atoms with Crippen molar-refractivity contribution in [3.8, 4) is 0 Å². The zero-order valence-corrected chi connectivity index (χ0v) is 18.5. The summed E-state index contributed by atoms with van der Waals surface area (Å²) in [5.41, 5.74) is 2.28. The van der Waals surface area contributed by atoms with Gasteiger partial charge in [-0.3, -0.25) is 9.69 Å². The Bertz CT molecular complexity index is 1280. The Labute approximate surface area is 195 Å². The number of carbonyl (C=O) groups is 1. The van der Waals surface area contributed by atoms with Crippen LogP contribution in [0.4, 0.5) is 10.2 Å². The third-order valence-electron chi connectivity index (χ3n) is 5.83. The summed E-state index contributed by atoms with van der Waals surface area (Å²) in [5.74, 6) is 0.255. The second-order valence-corrected chi connectivity index (χ2v) is 8.55. The molecule has 2 aromatic heterocycles. The molecule has 6 nitrogen and oxygen atoms in total. The molecule has 0 saturated carbocycles. The van der Waals surface area contributed by atoms with Crippen LogP contribution in [0.3, 0.4) is 0 Å². The molecule has 0 atom stereocenters. The van der Waals surface area contributed by atoms with E-state index >= 15 is 0 Å². The number of fused-ring (bicyclic) bond motifs is 1. The number of nitrogens with one attached hydrogen (secondary N) is 1. The summed E-state index contributed by atoms with van der Waals surface area (Å²) in [5, 5.41) is 13.6. The Morgan fingerprint density at radius 3 is 2.70 bits per heavy atom. The number of hydrogen-bond donors (Lipinski definition) is 1. The predicted octanol–water partition coefficient (Wildman–Crippen LogP) is 4.28.